The highest BCUT2D eigenvalue weighted by atomic mass is 16.6. The number of hydrogen-bond acceptors (Lipinski definition) is 5. The number of unbranched alkanes of at least 4 members (excludes halogenated alkanes) is 5. The van der Waals surface area contributed by atoms with Gasteiger partial charge in [-0.3, -0.25) is 4.79 Å². The van der Waals surface area contributed by atoms with E-state index in [1.165, 1.54) is 31.7 Å². The van der Waals surface area contributed by atoms with Crippen LogP contribution in [0.15, 0.2) is 48.5 Å². The molecule has 29 heavy (non-hydrogen) atoms. The molecule has 0 amide bonds. The average Bonchev–Trinajstić information content (AvgIpc) is 2.73. The molecule has 2 aromatic carbocycles. The fraction of sp³-hybridized carbons (Fsp3) is 0.458. The van der Waals surface area contributed by atoms with Crippen molar-refractivity contribution in [1.29, 1.82) is 0 Å². The molecular formula is C24H32O5. The van der Waals surface area contributed by atoms with Gasteiger partial charge >= 0.3 is 0 Å². The Morgan fingerprint density at radius 3 is 2.41 bits per heavy atom. The van der Waals surface area contributed by atoms with Crippen LogP contribution in [0.1, 0.15) is 67.8 Å². The van der Waals surface area contributed by atoms with Crippen molar-refractivity contribution in [2.45, 2.75) is 58.2 Å². The van der Waals surface area contributed by atoms with Crippen molar-refractivity contribution in [2.24, 2.45) is 0 Å². The maximum absolute atomic E-state index is 12.4. The van der Waals surface area contributed by atoms with E-state index >= 15 is 0 Å². The molecule has 0 aliphatic carbocycles. The molecule has 0 saturated carbocycles. The monoisotopic (exact) mass is 400 g/mol. The summed E-state index contributed by atoms with van der Waals surface area (Å²) < 4.78 is 10.9. The Morgan fingerprint density at radius 1 is 0.966 bits per heavy atom. The topological polar surface area (TPSA) is 76.0 Å². The van der Waals surface area contributed by atoms with Gasteiger partial charge in [-0.05, 0) is 18.6 Å². The number of phenols is 1. The summed E-state index contributed by atoms with van der Waals surface area (Å²) in [7, 11) is 0. The number of ether oxygens (including phenoxy) is 2. The minimum atomic E-state index is -0.863. The number of phenolic OH excluding ortho intramolecular Hbond substituents is 1. The summed E-state index contributed by atoms with van der Waals surface area (Å²) in [5.74, 6) is 0.0691. The summed E-state index contributed by atoms with van der Waals surface area (Å²) in [6, 6.07) is 13.4. The summed E-state index contributed by atoms with van der Waals surface area (Å²) in [4.78, 5) is 12.4. The van der Waals surface area contributed by atoms with Crippen LogP contribution in [0.5, 0.6) is 11.5 Å². The van der Waals surface area contributed by atoms with Crippen molar-refractivity contribution in [2.75, 3.05) is 13.2 Å². The predicted octanol–water partition coefficient (Wildman–Crippen LogP) is 5.09. The highest BCUT2D eigenvalue weighted by Crippen LogP contribution is 2.26. The lowest BCUT2D eigenvalue weighted by atomic mass is 10.0. The normalized spacial score (nSPS) is 11.9. The fourth-order valence-electron chi connectivity index (χ4n) is 3.00. The lowest BCUT2D eigenvalue weighted by Gasteiger charge is -2.13. The number of benzene rings is 2. The Hall–Kier alpha value is -2.37. The number of aliphatic hydroxyl groups excluding tert-OH is 1. The van der Waals surface area contributed by atoms with Gasteiger partial charge in [0, 0.05) is 24.7 Å². The van der Waals surface area contributed by atoms with Crippen LogP contribution in [0.3, 0.4) is 0 Å². The number of hydrogen-bond donors (Lipinski definition) is 2. The van der Waals surface area contributed by atoms with E-state index in [1.54, 1.807) is 36.4 Å². The van der Waals surface area contributed by atoms with E-state index in [4.69, 9.17) is 9.47 Å². The quantitative estimate of drug-likeness (QED) is 0.262. The molecule has 158 valence electrons. The van der Waals surface area contributed by atoms with Gasteiger partial charge in [0.15, 0.2) is 12.1 Å². The van der Waals surface area contributed by atoms with Gasteiger partial charge in [0.2, 0.25) is 0 Å². The molecule has 0 aliphatic rings. The Kier molecular flexibility index (Phi) is 10.2. The zero-order valence-electron chi connectivity index (χ0n) is 17.2. The Morgan fingerprint density at radius 2 is 1.69 bits per heavy atom. The summed E-state index contributed by atoms with van der Waals surface area (Å²) in [6.07, 6.45) is 6.53. The van der Waals surface area contributed by atoms with E-state index in [0.29, 0.717) is 24.3 Å². The zero-order chi connectivity index (χ0) is 20.9. The van der Waals surface area contributed by atoms with Crippen LogP contribution in [0, 0.1) is 0 Å². The molecule has 0 aliphatic heterocycles. The number of aliphatic hydroxyl groups is 1. The molecule has 0 bridgehead atoms. The highest BCUT2D eigenvalue weighted by Gasteiger charge is 2.14. The first-order chi connectivity index (χ1) is 14.1. The average molecular weight is 401 g/mol. The van der Waals surface area contributed by atoms with Gasteiger partial charge in [0.25, 0.3) is 0 Å². The van der Waals surface area contributed by atoms with Crippen molar-refractivity contribution in [3.8, 4) is 11.5 Å². The van der Waals surface area contributed by atoms with Gasteiger partial charge in [0.1, 0.15) is 11.5 Å². The lowest BCUT2D eigenvalue weighted by molar-refractivity contribution is -0.108. The minimum Gasteiger partial charge on any atom is -0.507 e. The van der Waals surface area contributed by atoms with Crippen molar-refractivity contribution in [1.82, 2.24) is 0 Å². The number of rotatable bonds is 14. The van der Waals surface area contributed by atoms with Gasteiger partial charge in [0.05, 0.1) is 12.2 Å². The van der Waals surface area contributed by atoms with Gasteiger partial charge in [-0.2, -0.15) is 0 Å². The second-order valence-corrected chi connectivity index (χ2v) is 7.10. The molecule has 0 radical (unpaired) electrons. The second kappa shape index (κ2) is 13.0. The molecule has 0 spiro atoms. The molecule has 1 unspecified atom stereocenters. The lowest BCUT2D eigenvalue weighted by Crippen LogP contribution is -2.16. The number of aromatic hydroxyl groups is 1. The molecule has 2 aromatic rings. The third-order valence-electron chi connectivity index (χ3n) is 4.69. The first-order valence-electron chi connectivity index (χ1n) is 10.5. The van der Waals surface area contributed by atoms with Crippen molar-refractivity contribution < 1.29 is 24.5 Å². The first kappa shape index (κ1) is 22.9. The van der Waals surface area contributed by atoms with E-state index in [1.807, 2.05) is 6.07 Å². The van der Waals surface area contributed by atoms with Crippen LogP contribution in [-0.4, -0.2) is 35.5 Å². The summed E-state index contributed by atoms with van der Waals surface area (Å²) in [5.41, 5.74) is 0.743. The standard InChI is InChI=1S/C24H32O5/c1-2-3-4-5-6-10-16-29-23(26)15-17-28-20-13-14-21(22(25)18-20)24(27)19-11-8-7-9-12-19/h7-9,11-14,18,23,25-26H,2-6,10,15-17H2,1H3. The van der Waals surface area contributed by atoms with Crippen molar-refractivity contribution in [3.05, 3.63) is 59.7 Å². The summed E-state index contributed by atoms with van der Waals surface area (Å²) >= 11 is 0. The predicted molar refractivity (Wildman–Crippen MR) is 113 cm³/mol. The highest BCUT2D eigenvalue weighted by molar-refractivity contribution is 6.10. The Bertz CT molecular complexity index is 729. The molecule has 1 atom stereocenters. The van der Waals surface area contributed by atoms with Crippen molar-refractivity contribution >= 4 is 5.78 Å². The fourth-order valence-corrected chi connectivity index (χ4v) is 3.00. The van der Waals surface area contributed by atoms with E-state index in [2.05, 4.69) is 6.92 Å². The third kappa shape index (κ3) is 8.26. The smallest absolute Gasteiger partial charge is 0.196 e. The van der Waals surface area contributed by atoms with Crippen LogP contribution < -0.4 is 4.74 Å². The van der Waals surface area contributed by atoms with Gasteiger partial charge < -0.3 is 19.7 Å². The maximum atomic E-state index is 12.4. The summed E-state index contributed by atoms with van der Waals surface area (Å²) in [5, 5.41) is 20.0. The van der Waals surface area contributed by atoms with Crippen LogP contribution in [0.4, 0.5) is 0 Å². The van der Waals surface area contributed by atoms with Gasteiger partial charge in [-0.15, -0.1) is 0 Å². The zero-order valence-corrected chi connectivity index (χ0v) is 17.2. The maximum Gasteiger partial charge on any atom is 0.196 e. The first-order valence-corrected chi connectivity index (χ1v) is 10.5. The minimum absolute atomic E-state index is 0.128. The van der Waals surface area contributed by atoms with E-state index in [0.717, 1.165) is 12.8 Å². The molecule has 0 heterocycles. The largest absolute Gasteiger partial charge is 0.507 e. The molecule has 5 heteroatoms. The van der Waals surface area contributed by atoms with Crippen LogP contribution in [-0.2, 0) is 4.74 Å². The SMILES string of the molecule is CCCCCCCCOC(O)CCOc1ccc(C(=O)c2ccccc2)c(O)c1. The van der Waals surface area contributed by atoms with Gasteiger partial charge in [-0.25, -0.2) is 0 Å². The van der Waals surface area contributed by atoms with E-state index in [-0.39, 0.29) is 23.7 Å². The van der Waals surface area contributed by atoms with Crippen molar-refractivity contribution in [3.63, 3.8) is 0 Å². The van der Waals surface area contributed by atoms with Crippen LogP contribution >= 0.6 is 0 Å². The van der Waals surface area contributed by atoms with E-state index < -0.39 is 6.29 Å². The van der Waals surface area contributed by atoms with Crippen LogP contribution in [0.2, 0.25) is 0 Å². The number of carbonyl (C=O) groups is 1. The Labute approximate surface area is 173 Å². The molecule has 0 aromatic heterocycles. The molecule has 0 saturated heterocycles. The molecule has 5 nitrogen and oxygen atoms in total. The van der Waals surface area contributed by atoms with Gasteiger partial charge in [-0.1, -0.05) is 69.4 Å². The van der Waals surface area contributed by atoms with Crippen LogP contribution in [0.25, 0.3) is 0 Å². The molecule has 2 N–H and O–H groups in total. The number of carbonyl (C=O) groups excluding carboxylic acids is 1. The summed E-state index contributed by atoms with van der Waals surface area (Å²) in [6.45, 7) is 3.00. The van der Waals surface area contributed by atoms with E-state index in [9.17, 15) is 15.0 Å². The number of ketones is 1. The molecule has 0 fully saturated rings. The molecule has 2 rings (SSSR count). The Balaban J connectivity index is 1.69. The second-order valence-electron chi connectivity index (χ2n) is 7.10. The molecular weight excluding hydrogens is 368 g/mol. The third-order valence-corrected chi connectivity index (χ3v) is 4.69.